The van der Waals surface area contributed by atoms with E-state index >= 15 is 0 Å². The van der Waals surface area contributed by atoms with Gasteiger partial charge in [0, 0.05) is 12.8 Å². The average Bonchev–Trinajstić information content (AvgIpc) is 2.90. The highest BCUT2D eigenvalue weighted by Crippen LogP contribution is 2.40. The second kappa shape index (κ2) is 7.17. The number of nitrogens with one attached hydrogen (secondary N) is 2. The molecule has 5 atom stereocenters. The normalized spacial score (nSPS) is 39.9. The van der Waals surface area contributed by atoms with Crippen LogP contribution in [-0.4, -0.2) is 76.8 Å². The molecule has 2 bridgehead atoms. The number of hydrogen-bond donors (Lipinski definition) is 4. The van der Waals surface area contributed by atoms with Gasteiger partial charge in [0.2, 0.25) is 5.72 Å². The third-order valence-electron chi connectivity index (χ3n) is 5.59. The van der Waals surface area contributed by atoms with Crippen LogP contribution in [0.25, 0.3) is 0 Å². The lowest BCUT2D eigenvalue weighted by Crippen LogP contribution is -2.83. The van der Waals surface area contributed by atoms with E-state index in [1.807, 2.05) is 0 Å². The molecule has 0 spiro atoms. The van der Waals surface area contributed by atoms with Crippen molar-refractivity contribution in [3.63, 3.8) is 0 Å². The predicted molar refractivity (Wildman–Crippen MR) is 94.8 cm³/mol. The fourth-order valence-corrected chi connectivity index (χ4v) is 4.08. The molecule has 4 rings (SSSR count). The Morgan fingerprint density at radius 2 is 1.93 bits per heavy atom. The molecule has 0 aliphatic carbocycles. The molecule has 0 aromatic heterocycles. The number of ether oxygens (including phenoxy) is 4. The molecule has 0 saturated carbocycles. The lowest BCUT2D eigenvalue weighted by atomic mass is 9.81. The quantitative estimate of drug-likeness (QED) is 0.393. The summed E-state index contributed by atoms with van der Waals surface area (Å²) in [6, 6.07) is 0. The van der Waals surface area contributed by atoms with Gasteiger partial charge < -0.3 is 39.8 Å². The molecule has 4 fully saturated rings. The summed E-state index contributed by atoms with van der Waals surface area (Å²) in [5.41, 5.74) is -5.72. The van der Waals surface area contributed by atoms with Crippen LogP contribution in [-0.2, 0) is 33.3 Å². The van der Waals surface area contributed by atoms with Gasteiger partial charge in [-0.25, -0.2) is 0 Å². The van der Waals surface area contributed by atoms with E-state index < -0.39 is 52.6 Å². The van der Waals surface area contributed by atoms with Crippen LogP contribution in [0, 0.1) is 5.92 Å². The summed E-state index contributed by atoms with van der Waals surface area (Å²) in [5.74, 6) is -4.08. The molecule has 2 amide bonds. The molecule has 4 aliphatic heterocycles. The molecule has 29 heavy (non-hydrogen) atoms. The third kappa shape index (κ3) is 3.73. The first-order chi connectivity index (χ1) is 13.3. The molecule has 4 N–H and O–H groups in total. The van der Waals surface area contributed by atoms with E-state index in [4.69, 9.17) is 18.9 Å². The van der Waals surface area contributed by atoms with Gasteiger partial charge >= 0.3 is 5.97 Å². The van der Waals surface area contributed by atoms with Crippen molar-refractivity contribution in [2.45, 2.75) is 69.5 Å². The van der Waals surface area contributed by atoms with Crippen LogP contribution in [0.3, 0.4) is 0 Å². The van der Waals surface area contributed by atoms with Gasteiger partial charge in [0.15, 0.2) is 5.79 Å². The van der Waals surface area contributed by atoms with Gasteiger partial charge in [0.25, 0.3) is 17.5 Å². The van der Waals surface area contributed by atoms with Crippen LogP contribution >= 0.6 is 0 Å². The Bertz CT molecular complexity index is 713. The number of aliphatic hydroxyl groups is 2. The lowest BCUT2D eigenvalue weighted by Gasteiger charge is -2.51. The summed E-state index contributed by atoms with van der Waals surface area (Å²) in [6.45, 7) is 6.00. The van der Waals surface area contributed by atoms with Crippen molar-refractivity contribution in [3.8, 4) is 0 Å². The van der Waals surface area contributed by atoms with E-state index in [1.54, 1.807) is 20.8 Å². The SMILES string of the molecule is CC(=O)OCC[C@@H]1CCO[C@]2([C@H](O)[C@]3(C)COC(C)(C)O3)NC(=O)[C@@]1(O)NC2=O. The van der Waals surface area contributed by atoms with Crippen LogP contribution in [0.2, 0.25) is 0 Å². The maximum atomic E-state index is 13.0. The minimum atomic E-state index is -2.22. The molecule has 0 aromatic rings. The first-order valence-corrected chi connectivity index (χ1v) is 9.52. The molecular weight excluding hydrogens is 388 g/mol. The number of hydrogen-bond acceptors (Lipinski definition) is 9. The maximum Gasteiger partial charge on any atom is 0.302 e. The number of rotatable bonds is 5. The van der Waals surface area contributed by atoms with Crippen LogP contribution in [0.5, 0.6) is 0 Å². The molecule has 11 heteroatoms. The van der Waals surface area contributed by atoms with E-state index in [1.165, 1.54) is 6.92 Å². The van der Waals surface area contributed by atoms with Gasteiger partial charge in [0.1, 0.15) is 11.7 Å². The van der Waals surface area contributed by atoms with Crippen molar-refractivity contribution in [2.24, 2.45) is 5.92 Å². The Hall–Kier alpha value is -1.79. The maximum absolute atomic E-state index is 13.0. The lowest BCUT2D eigenvalue weighted by molar-refractivity contribution is -0.248. The monoisotopic (exact) mass is 416 g/mol. The zero-order valence-corrected chi connectivity index (χ0v) is 16.9. The summed E-state index contributed by atoms with van der Waals surface area (Å²) < 4.78 is 21.9. The van der Waals surface area contributed by atoms with Gasteiger partial charge in [0.05, 0.1) is 19.8 Å². The zero-order valence-electron chi connectivity index (χ0n) is 16.9. The van der Waals surface area contributed by atoms with Gasteiger partial charge in [-0.05, 0) is 33.6 Å². The van der Waals surface area contributed by atoms with Gasteiger partial charge in [-0.2, -0.15) is 0 Å². The minimum absolute atomic E-state index is 0.0302. The van der Waals surface area contributed by atoms with Gasteiger partial charge in [-0.1, -0.05) is 0 Å². The van der Waals surface area contributed by atoms with Crippen molar-refractivity contribution >= 4 is 17.8 Å². The summed E-state index contributed by atoms with van der Waals surface area (Å²) in [6.07, 6.45) is -1.31. The van der Waals surface area contributed by atoms with Gasteiger partial charge in [-0.3, -0.25) is 14.4 Å². The Labute approximate surface area is 168 Å². The van der Waals surface area contributed by atoms with Crippen molar-refractivity contribution in [1.82, 2.24) is 10.6 Å². The molecule has 0 unspecified atom stereocenters. The van der Waals surface area contributed by atoms with Gasteiger partial charge in [-0.15, -0.1) is 0 Å². The van der Waals surface area contributed by atoms with Crippen LogP contribution in [0.4, 0.5) is 0 Å². The smallest absolute Gasteiger partial charge is 0.302 e. The molecule has 0 aromatic carbocycles. The molecule has 4 heterocycles. The number of piperazine rings is 1. The highest BCUT2D eigenvalue weighted by Gasteiger charge is 2.66. The highest BCUT2D eigenvalue weighted by atomic mass is 16.8. The topological polar surface area (TPSA) is 153 Å². The Balaban J connectivity index is 1.84. The standard InChI is InChI=1S/C18H28N2O9/c1-10(21)26-7-5-11-6-8-27-18(14(24)19-17(11,25)13(23)20-18)12(22)16(4)9-28-15(2,3)29-16/h11-12,22,25H,5-9H2,1-4H3,(H,19,24)(H,20,23)/t11-,12-,16+,17-,18+/m1/s1. The average molecular weight is 416 g/mol. The van der Waals surface area contributed by atoms with E-state index in [0.29, 0.717) is 0 Å². The van der Waals surface area contributed by atoms with Crippen molar-refractivity contribution in [1.29, 1.82) is 0 Å². The van der Waals surface area contributed by atoms with E-state index in [2.05, 4.69) is 10.6 Å². The largest absolute Gasteiger partial charge is 0.466 e. The van der Waals surface area contributed by atoms with Crippen LogP contribution in [0.15, 0.2) is 0 Å². The zero-order chi connectivity index (χ0) is 21.7. The second-order valence-electron chi connectivity index (χ2n) is 8.38. The Morgan fingerprint density at radius 1 is 1.24 bits per heavy atom. The molecule has 164 valence electrons. The number of aliphatic hydroxyl groups excluding tert-OH is 1. The first kappa shape index (κ1) is 21.9. The molecule has 4 aliphatic rings. The number of fused-ring (bicyclic) bond motifs is 5. The number of amides is 2. The Kier molecular flexibility index (Phi) is 5.41. The highest BCUT2D eigenvalue weighted by molar-refractivity contribution is 6.01. The summed E-state index contributed by atoms with van der Waals surface area (Å²) in [4.78, 5) is 36.8. The Morgan fingerprint density at radius 3 is 2.52 bits per heavy atom. The van der Waals surface area contributed by atoms with E-state index in [0.717, 1.165) is 0 Å². The predicted octanol–water partition coefficient (Wildman–Crippen LogP) is -1.49. The third-order valence-corrected chi connectivity index (χ3v) is 5.59. The van der Waals surface area contributed by atoms with E-state index in [9.17, 15) is 24.6 Å². The molecule has 0 radical (unpaired) electrons. The first-order valence-electron chi connectivity index (χ1n) is 9.52. The number of carbonyl (C=O) groups is 3. The number of esters is 1. The van der Waals surface area contributed by atoms with Crippen molar-refractivity contribution in [2.75, 3.05) is 19.8 Å². The second-order valence-corrected chi connectivity index (χ2v) is 8.38. The summed E-state index contributed by atoms with van der Waals surface area (Å²) in [5, 5.41) is 26.6. The van der Waals surface area contributed by atoms with Crippen molar-refractivity contribution in [3.05, 3.63) is 0 Å². The fourth-order valence-electron chi connectivity index (χ4n) is 4.08. The molecule has 4 saturated heterocycles. The fraction of sp³-hybridized carbons (Fsp3) is 0.833. The molecule has 11 nitrogen and oxygen atoms in total. The minimum Gasteiger partial charge on any atom is -0.466 e. The van der Waals surface area contributed by atoms with Crippen LogP contribution < -0.4 is 10.6 Å². The summed E-state index contributed by atoms with van der Waals surface area (Å²) >= 11 is 0. The van der Waals surface area contributed by atoms with E-state index in [-0.39, 0.29) is 32.7 Å². The molecular formula is C18H28N2O9. The number of carbonyl (C=O) groups excluding carboxylic acids is 3. The summed E-state index contributed by atoms with van der Waals surface area (Å²) in [7, 11) is 0. The van der Waals surface area contributed by atoms with Crippen LogP contribution in [0.1, 0.15) is 40.5 Å². The van der Waals surface area contributed by atoms with Crippen molar-refractivity contribution < 1.29 is 43.5 Å².